The van der Waals surface area contributed by atoms with Crippen molar-refractivity contribution >= 4 is 34.5 Å². The van der Waals surface area contributed by atoms with E-state index in [1.165, 1.54) is 11.3 Å². The molecule has 1 amide bonds. The molecule has 88 valence electrons. The second-order valence-electron chi connectivity index (χ2n) is 3.47. The quantitative estimate of drug-likeness (QED) is 0.835. The van der Waals surface area contributed by atoms with E-state index in [2.05, 4.69) is 4.98 Å². The summed E-state index contributed by atoms with van der Waals surface area (Å²) < 4.78 is 0.607. The normalized spacial score (nSPS) is 10.4. The minimum absolute atomic E-state index is 0.427. The highest BCUT2D eigenvalue weighted by Gasteiger charge is 2.13. The summed E-state index contributed by atoms with van der Waals surface area (Å²) in [5, 5.41) is 0.801. The SMILES string of the molecule is NC(=O)c1cccc(N)c1Cc1ncc(Cl)s1. The molecule has 0 saturated heterocycles. The van der Waals surface area contributed by atoms with Crippen LogP contribution in [-0.2, 0) is 6.42 Å². The Morgan fingerprint density at radius 2 is 2.24 bits per heavy atom. The first-order valence-corrected chi connectivity index (χ1v) is 6.04. The molecule has 0 aliphatic rings. The van der Waals surface area contributed by atoms with Crippen LogP contribution in [0.15, 0.2) is 24.4 Å². The fraction of sp³-hybridized carbons (Fsp3) is 0.0909. The number of halogens is 1. The molecule has 17 heavy (non-hydrogen) atoms. The number of aromatic nitrogens is 1. The maximum atomic E-state index is 11.3. The molecule has 1 aromatic carbocycles. The molecule has 0 aliphatic heterocycles. The number of hydrogen-bond acceptors (Lipinski definition) is 4. The maximum Gasteiger partial charge on any atom is 0.249 e. The van der Waals surface area contributed by atoms with Gasteiger partial charge < -0.3 is 11.5 Å². The Morgan fingerprint density at radius 3 is 2.82 bits per heavy atom. The number of amides is 1. The molecule has 0 saturated carbocycles. The van der Waals surface area contributed by atoms with E-state index < -0.39 is 5.91 Å². The first-order valence-electron chi connectivity index (χ1n) is 4.85. The van der Waals surface area contributed by atoms with Crippen molar-refractivity contribution in [3.05, 3.63) is 44.9 Å². The average Bonchev–Trinajstić information content (AvgIpc) is 2.67. The predicted octanol–water partition coefficient (Wildman–Crippen LogP) is 2.07. The van der Waals surface area contributed by atoms with Crippen molar-refractivity contribution in [2.75, 3.05) is 5.73 Å². The van der Waals surface area contributed by atoms with E-state index >= 15 is 0 Å². The lowest BCUT2D eigenvalue weighted by Gasteiger charge is -2.08. The smallest absolute Gasteiger partial charge is 0.249 e. The van der Waals surface area contributed by atoms with Crippen molar-refractivity contribution in [3.8, 4) is 0 Å². The van der Waals surface area contributed by atoms with Crippen LogP contribution >= 0.6 is 22.9 Å². The molecule has 0 fully saturated rings. The Labute approximate surface area is 107 Å². The summed E-state index contributed by atoms with van der Waals surface area (Å²) in [7, 11) is 0. The van der Waals surface area contributed by atoms with E-state index in [9.17, 15) is 4.79 Å². The van der Waals surface area contributed by atoms with Crippen molar-refractivity contribution in [1.29, 1.82) is 0 Å². The Hall–Kier alpha value is -1.59. The summed E-state index contributed by atoms with van der Waals surface area (Å²) in [4.78, 5) is 15.4. The maximum absolute atomic E-state index is 11.3. The second kappa shape index (κ2) is 4.73. The van der Waals surface area contributed by atoms with E-state index in [0.717, 1.165) is 5.01 Å². The van der Waals surface area contributed by atoms with Gasteiger partial charge in [0.25, 0.3) is 0 Å². The van der Waals surface area contributed by atoms with E-state index in [1.54, 1.807) is 24.4 Å². The van der Waals surface area contributed by atoms with Crippen LogP contribution in [0.2, 0.25) is 4.34 Å². The van der Waals surface area contributed by atoms with Gasteiger partial charge in [-0.05, 0) is 17.7 Å². The Bertz CT molecular complexity index is 568. The van der Waals surface area contributed by atoms with Crippen LogP contribution < -0.4 is 11.5 Å². The van der Waals surface area contributed by atoms with Crippen LogP contribution in [0, 0.1) is 0 Å². The molecule has 4 nitrogen and oxygen atoms in total. The number of nitrogen functional groups attached to an aromatic ring is 1. The van der Waals surface area contributed by atoms with Gasteiger partial charge in [0.2, 0.25) is 5.91 Å². The van der Waals surface area contributed by atoms with E-state index in [1.807, 2.05) is 0 Å². The molecule has 1 aromatic heterocycles. The van der Waals surface area contributed by atoms with Crippen LogP contribution in [-0.4, -0.2) is 10.9 Å². The van der Waals surface area contributed by atoms with Gasteiger partial charge in [-0.15, -0.1) is 11.3 Å². The minimum atomic E-state index is -0.491. The summed E-state index contributed by atoms with van der Waals surface area (Å²) in [6.07, 6.45) is 2.03. The molecule has 0 spiro atoms. The number of thiazole rings is 1. The third kappa shape index (κ3) is 2.57. The highest BCUT2D eigenvalue weighted by molar-refractivity contribution is 7.15. The number of nitrogens with zero attached hydrogens (tertiary/aromatic N) is 1. The lowest BCUT2D eigenvalue weighted by molar-refractivity contribution is 0.0999. The van der Waals surface area contributed by atoms with Crippen molar-refractivity contribution in [3.63, 3.8) is 0 Å². The number of rotatable bonds is 3. The molecule has 4 N–H and O–H groups in total. The molecule has 2 aromatic rings. The van der Waals surface area contributed by atoms with Gasteiger partial charge >= 0.3 is 0 Å². The summed E-state index contributed by atoms with van der Waals surface area (Å²) in [5.74, 6) is -0.491. The third-order valence-corrected chi connectivity index (χ3v) is 3.45. The Balaban J connectivity index is 2.40. The summed E-state index contributed by atoms with van der Waals surface area (Å²) >= 11 is 7.16. The summed E-state index contributed by atoms with van der Waals surface area (Å²) in [6.45, 7) is 0. The number of anilines is 1. The van der Waals surface area contributed by atoms with Crippen molar-refractivity contribution < 1.29 is 4.79 Å². The van der Waals surface area contributed by atoms with Gasteiger partial charge in [-0.25, -0.2) is 4.98 Å². The predicted molar refractivity (Wildman–Crippen MR) is 69.3 cm³/mol. The van der Waals surface area contributed by atoms with Gasteiger partial charge in [-0.2, -0.15) is 0 Å². The van der Waals surface area contributed by atoms with Gasteiger partial charge in [-0.1, -0.05) is 17.7 Å². The van der Waals surface area contributed by atoms with Crippen LogP contribution in [0.1, 0.15) is 20.9 Å². The van der Waals surface area contributed by atoms with E-state index in [0.29, 0.717) is 27.6 Å². The van der Waals surface area contributed by atoms with Gasteiger partial charge in [0.1, 0.15) is 4.34 Å². The number of nitrogens with two attached hydrogens (primary N) is 2. The lowest BCUT2D eigenvalue weighted by Crippen LogP contribution is -2.15. The van der Waals surface area contributed by atoms with Gasteiger partial charge in [-0.3, -0.25) is 4.79 Å². The summed E-state index contributed by atoms with van der Waals surface area (Å²) in [5.41, 5.74) is 12.8. The fourth-order valence-corrected chi connectivity index (χ4v) is 2.52. The monoisotopic (exact) mass is 267 g/mol. The largest absolute Gasteiger partial charge is 0.398 e. The molecular weight excluding hydrogens is 258 g/mol. The van der Waals surface area contributed by atoms with Crippen LogP contribution in [0.5, 0.6) is 0 Å². The molecular formula is C11H10ClN3OS. The van der Waals surface area contributed by atoms with Crippen LogP contribution in [0.25, 0.3) is 0 Å². The fourth-order valence-electron chi connectivity index (χ4n) is 1.55. The second-order valence-corrected chi connectivity index (χ2v) is 5.22. The van der Waals surface area contributed by atoms with E-state index in [-0.39, 0.29) is 0 Å². The first kappa shape index (κ1) is 11.9. The molecule has 2 rings (SSSR count). The highest BCUT2D eigenvalue weighted by atomic mass is 35.5. The topological polar surface area (TPSA) is 82.0 Å². The number of primary amides is 1. The standard InChI is InChI=1S/C11H10ClN3OS/c12-9-5-15-10(17-9)4-7-6(11(14)16)2-1-3-8(7)13/h1-3,5H,4,13H2,(H2,14,16). The van der Waals surface area contributed by atoms with E-state index in [4.69, 9.17) is 23.1 Å². The first-order chi connectivity index (χ1) is 8.08. The highest BCUT2D eigenvalue weighted by Crippen LogP contribution is 2.25. The zero-order valence-electron chi connectivity index (χ0n) is 8.81. The average molecular weight is 268 g/mol. The summed E-state index contributed by atoms with van der Waals surface area (Å²) in [6, 6.07) is 5.09. The number of carbonyl (C=O) groups excluding carboxylic acids is 1. The van der Waals surface area contributed by atoms with Crippen LogP contribution in [0.4, 0.5) is 5.69 Å². The molecule has 0 unspecified atom stereocenters. The van der Waals surface area contributed by atoms with Gasteiger partial charge in [0.15, 0.2) is 0 Å². The van der Waals surface area contributed by atoms with Crippen molar-refractivity contribution in [1.82, 2.24) is 4.98 Å². The molecule has 0 bridgehead atoms. The Kier molecular flexibility index (Phi) is 3.31. The molecule has 1 heterocycles. The third-order valence-electron chi connectivity index (χ3n) is 2.33. The lowest BCUT2D eigenvalue weighted by atomic mass is 10.0. The molecule has 0 radical (unpaired) electrons. The number of benzene rings is 1. The van der Waals surface area contributed by atoms with Crippen LogP contribution in [0.3, 0.4) is 0 Å². The minimum Gasteiger partial charge on any atom is -0.398 e. The zero-order chi connectivity index (χ0) is 12.4. The Morgan fingerprint density at radius 1 is 1.47 bits per heavy atom. The molecule has 6 heteroatoms. The van der Waals surface area contributed by atoms with Gasteiger partial charge in [0.05, 0.1) is 11.2 Å². The molecule has 0 aliphatic carbocycles. The number of carbonyl (C=O) groups is 1. The zero-order valence-corrected chi connectivity index (χ0v) is 10.4. The number of hydrogen-bond donors (Lipinski definition) is 2. The van der Waals surface area contributed by atoms with Crippen molar-refractivity contribution in [2.45, 2.75) is 6.42 Å². The van der Waals surface area contributed by atoms with Crippen molar-refractivity contribution in [2.24, 2.45) is 5.73 Å². The molecule has 0 atom stereocenters. The van der Waals surface area contributed by atoms with Gasteiger partial charge in [0, 0.05) is 17.7 Å².